The quantitative estimate of drug-likeness (QED) is 0.564. The maximum Gasteiger partial charge on any atom is 0.328 e. The number of anilines is 2. The molecule has 0 aliphatic heterocycles. The Balaban J connectivity index is 2.17. The maximum atomic E-state index is 12.5. The molecule has 104 valence electrons. The number of carbonyl (C=O) groups excluding carboxylic acids is 1. The Labute approximate surface area is 146 Å². The van der Waals surface area contributed by atoms with Crippen molar-refractivity contribution in [3.05, 3.63) is 55.7 Å². The lowest BCUT2D eigenvalue weighted by atomic mass is 10.3. The molecule has 0 atom stereocenters. The molecule has 0 radical (unpaired) electrons. The second-order valence-corrected chi connectivity index (χ2v) is 6.84. The van der Waals surface area contributed by atoms with Crippen LogP contribution in [-0.4, -0.2) is 20.1 Å². The Bertz CT molecular complexity index is 543. The monoisotopic (exact) mass is 492 g/mol. The van der Waals surface area contributed by atoms with E-state index in [0.29, 0.717) is 0 Å². The third-order valence-corrected chi connectivity index (χ3v) is 4.44. The molecule has 0 saturated heterocycles. The van der Waals surface area contributed by atoms with E-state index in [1.54, 1.807) is 23.9 Å². The van der Waals surface area contributed by atoms with Gasteiger partial charge in [0.1, 0.15) is 0 Å². The van der Waals surface area contributed by atoms with Gasteiger partial charge >= 0.3 is 6.03 Å². The van der Waals surface area contributed by atoms with E-state index >= 15 is 0 Å². The molecule has 5 heteroatoms. The lowest BCUT2D eigenvalue weighted by molar-refractivity contribution is 0.253. The van der Waals surface area contributed by atoms with Crippen molar-refractivity contribution in [3.63, 3.8) is 0 Å². The molecule has 2 rings (SSSR count). The zero-order valence-corrected chi connectivity index (χ0v) is 15.5. The summed E-state index contributed by atoms with van der Waals surface area (Å²) in [5, 5.41) is 0. The molecular weight excluding hydrogens is 478 g/mol. The summed E-state index contributed by atoms with van der Waals surface area (Å²) in [6.07, 6.45) is 0. The fraction of sp³-hybridized carbons (Fsp3) is 0.133. The lowest BCUT2D eigenvalue weighted by Gasteiger charge is -2.25. The first-order valence-corrected chi connectivity index (χ1v) is 8.17. The van der Waals surface area contributed by atoms with Crippen molar-refractivity contribution in [1.82, 2.24) is 0 Å². The summed E-state index contributed by atoms with van der Waals surface area (Å²) in [5.41, 5.74) is 1.76. The van der Waals surface area contributed by atoms with Crippen LogP contribution < -0.4 is 9.80 Å². The fourth-order valence-electron chi connectivity index (χ4n) is 1.78. The molecular formula is C15H14I2N2O. The smallest absolute Gasteiger partial charge is 0.297 e. The van der Waals surface area contributed by atoms with E-state index < -0.39 is 0 Å². The summed E-state index contributed by atoms with van der Waals surface area (Å²) in [6.45, 7) is 0. The van der Waals surface area contributed by atoms with E-state index in [2.05, 4.69) is 45.2 Å². The van der Waals surface area contributed by atoms with Crippen LogP contribution in [0.1, 0.15) is 0 Å². The van der Waals surface area contributed by atoms with Crippen LogP contribution in [0.2, 0.25) is 0 Å². The van der Waals surface area contributed by atoms with Gasteiger partial charge in [-0.2, -0.15) is 0 Å². The van der Waals surface area contributed by atoms with Crippen LogP contribution >= 0.6 is 45.2 Å². The molecule has 0 spiro atoms. The van der Waals surface area contributed by atoms with E-state index in [-0.39, 0.29) is 6.03 Å². The minimum absolute atomic E-state index is 0.0626. The fourth-order valence-corrected chi connectivity index (χ4v) is 2.49. The van der Waals surface area contributed by atoms with Gasteiger partial charge in [0.15, 0.2) is 0 Å². The molecule has 0 N–H and O–H groups in total. The third kappa shape index (κ3) is 3.63. The Hall–Kier alpha value is -0.830. The van der Waals surface area contributed by atoms with E-state index in [4.69, 9.17) is 0 Å². The van der Waals surface area contributed by atoms with E-state index in [0.717, 1.165) is 18.5 Å². The summed E-state index contributed by atoms with van der Waals surface area (Å²) < 4.78 is 2.30. The first-order valence-electron chi connectivity index (χ1n) is 6.01. The molecule has 0 aliphatic carbocycles. The summed E-state index contributed by atoms with van der Waals surface area (Å²) in [4.78, 5) is 15.8. The van der Waals surface area contributed by atoms with E-state index in [1.807, 2.05) is 48.5 Å². The van der Waals surface area contributed by atoms with Crippen molar-refractivity contribution in [2.24, 2.45) is 0 Å². The van der Waals surface area contributed by atoms with Gasteiger partial charge < -0.3 is 0 Å². The van der Waals surface area contributed by atoms with Gasteiger partial charge in [-0.05, 0) is 93.7 Å². The summed E-state index contributed by atoms with van der Waals surface area (Å²) in [5.74, 6) is 0. The highest BCUT2D eigenvalue weighted by molar-refractivity contribution is 14.1. The summed E-state index contributed by atoms with van der Waals surface area (Å²) >= 11 is 4.50. The number of rotatable bonds is 2. The predicted molar refractivity (Wildman–Crippen MR) is 101 cm³/mol. The van der Waals surface area contributed by atoms with Gasteiger partial charge in [-0.1, -0.05) is 0 Å². The Morgan fingerprint density at radius 2 is 1.05 bits per heavy atom. The van der Waals surface area contributed by atoms with Crippen molar-refractivity contribution in [3.8, 4) is 0 Å². The molecule has 2 aromatic carbocycles. The predicted octanol–water partition coefficient (Wildman–Crippen LogP) is 4.59. The number of urea groups is 1. The molecule has 2 aromatic rings. The highest BCUT2D eigenvalue weighted by atomic mass is 127. The molecule has 0 unspecified atom stereocenters. The van der Waals surface area contributed by atoms with Crippen LogP contribution in [0.3, 0.4) is 0 Å². The van der Waals surface area contributed by atoms with Gasteiger partial charge in [0.05, 0.1) is 0 Å². The van der Waals surface area contributed by atoms with Crippen LogP contribution in [0.15, 0.2) is 48.5 Å². The minimum atomic E-state index is -0.0626. The number of hydrogen-bond donors (Lipinski definition) is 0. The van der Waals surface area contributed by atoms with Crippen LogP contribution in [0.5, 0.6) is 0 Å². The van der Waals surface area contributed by atoms with E-state index in [1.165, 1.54) is 0 Å². The van der Waals surface area contributed by atoms with Gasteiger partial charge in [-0.15, -0.1) is 0 Å². The van der Waals surface area contributed by atoms with Gasteiger partial charge in [-0.25, -0.2) is 4.79 Å². The van der Waals surface area contributed by atoms with E-state index in [9.17, 15) is 4.79 Å². The standard InChI is InChI=1S/C15H14I2N2O/c1-18(13-7-3-11(16)4-8-13)15(20)19(2)14-9-5-12(17)6-10-14/h3-10H,1-2H3. The Kier molecular flexibility index (Phi) is 5.25. The molecule has 0 fully saturated rings. The molecule has 0 saturated carbocycles. The number of hydrogen-bond acceptors (Lipinski definition) is 1. The molecule has 2 amide bonds. The normalized spacial score (nSPS) is 10.2. The van der Waals surface area contributed by atoms with Gasteiger partial charge in [0.25, 0.3) is 0 Å². The number of benzene rings is 2. The maximum absolute atomic E-state index is 12.5. The van der Waals surface area contributed by atoms with Crippen LogP contribution in [0, 0.1) is 7.14 Å². The molecule has 0 bridgehead atoms. The van der Waals surface area contributed by atoms with Crippen LogP contribution in [0.4, 0.5) is 16.2 Å². The minimum Gasteiger partial charge on any atom is -0.297 e. The highest BCUT2D eigenvalue weighted by Crippen LogP contribution is 2.20. The number of amides is 2. The summed E-state index contributed by atoms with van der Waals surface area (Å²) in [6, 6.07) is 15.7. The third-order valence-electron chi connectivity index (χ3n) is 3.00. The molecule has 0 aliphatic rings. The van der Waals surface area contributed by atoms with Crippen LogP contribution in [-0.2, 0) is 0 Å². The summed E-state index contributed by atoms with van der Waals surface area (Å²) in [7, 11) is 3.57. The molecule has 20 heavy (non-hydrogen) atoms. The number of halogens is 2. The van der Waals surface area contributed by atoms with Gasteiger partial charge in [-0.3, -0.25) is 9.80 Å². The van der Waals surface area contributed by atoms with Gasteiger partial charge in [0, 0.05) is 32.6 Å². The largest absolute Gasteiger partial charge is 0.328 e. The number of nitrogens with zero attached hydrogens (tertiary/aromatic N) is 2. The number of carbonyl (C=O) groups is 1. The Morgan fingerprint density at radius 1 is 0.750 bits per heavy atom. The second kappa shape index (κ2) is 6.75. The average molecular weight is 492 g/mol. The Morgan fingerprint density at radius 3 is 1.35 bits per heavy atom. The van der Waals surface area contributed by atoms with Gasteiger partial charge in [0.2, 0.25) is 0 Å². The SMILES string of the molecule is CN(C(=O)N(C)c1ccc(I)cc1)c1ccc(I)cc1. The molecule has 0 aromatic heterocycles. The average Bonchev–Trinajstić information content (AvgIpc) is 2.46. The molecule has 0 heterocycles. The van der Waals surface area contributed by atoms with Crippen molar-refractivity contribution in [2.45, 2.75) is 0 Å². The lowest BCUT2D eigenvalue weighted by Crippen LogP contribution is -2.38. The second-order valence-electron chi connectivity index (χ2n) is 4.35. The van der Waals surface area contributed by atoms with Crippen molar-refractivity contribution < 1.29 is 4.79 Å². The molecule has 3 nitrogen and oxygen atoms in total. The van der Waals surface area contributed by atoms with Crippen molar-refractivity contribution in [2.75, 3.05) is 23.9 Å². The van der Waals surface area contributed by atoms with Crippen molar-refractivity contribution >= 4 is 62.6 Å². The zero-order valence-electron chi connectivity index (χ0n) is 11.2. The first-order chi connectivity index (χ1) is 9.49. The van der Waals surface area contributed by atoms with Crippen molar-refractivity contribution in [1.29, 1.82) is 0 Å². The zero-order chi connectivity index (χ0) is 14.7. The first kappa shape index (κ1) is 15.6. The highest BCUT2D eigenvalue weighted by Gasteiger charge is 2.16. The topological polar surface area (TPSA) is 23.6 Å². The van der Waals surface area contributed by atoms with Crippen LogP contribution in [0.25, 0.3) is 0 Å².